The maximum atomic E-state index is 9.16. The van der Waals surface area contributed by atoms with E-state index in [2.05, 4.69) is 33.6 Å². The first kappa shape index (κ1) is 19.2. The van der Waals surface area contributed by atoms with E-state index in [9.17, 15) is 0 Å². The van der Waals surface area contributed by atoms with E-state index in [-0.39, 0.29) is 35.9 Å². The number of aryl methyl sites for hydroxylation is 1. The van der Waals surface area contributed by atoms with Gasteiger partial charge in [-0.3, -0.25) is 0 Å². The average Bonchev–Trinajstić information content (AvgIpc) is 3.13. The fraction of sp³-hybridized carbons (Fsp3) is 0.667. The van der Waals surface area contributed by atoms with Gasteiger partial charge in [-0.2, -0.15) is 5.26 Å². The van der Waals surface area contributed by atoms with Crippen LogP contribution in [0.15, 0.2) is 11.2 Å². The first-order valence-corrected chi connectivity index (χ1v) is 8.46. The minimum Gasteiger partial charge on any atom is -0.357 e. The van der Waals surface area contributed by atoms with Crippen LogP contribution in [0, 0.1) is 17.2 Å². The Balaban J connectivity index is 0.00000242. The molecule has 0 bridgehead atoms. The van der Waals surface area contributed by atoms with Gasteiger partial charge in [-0.1, -0.05) is 6.92 Å². The summed E-state index contributed by atoms with van der Waals surface area (Å²) in [7, 11) is 0. The second-order valence-corrected chi connectivity index (χ2v) is 6.39. The summed E-state index contributed by atoms with van der Waals surface area (Å²) < 4.78 is 0. The predicted molar refractivity (Wildman–Crippen MR) is 102 cm³/mol. The van der Waals surface area contributed by atoms with Crippen molar-refractivity contribution < 1.29 is 0 Å². The molecule has 2 unspecified atom stereocenters. The first-order valence-electron chi connectivity index (χ1n) is 7.64. The fourth-order valence-corrected chi connectivity index (χ4v) is 3.30. The zero-order chi connectivity index (χ0) is 15.1. The lowest BCUT2D eigenvalue weighted by Gasteiger charge is -2.19. The highest BCUT2D eigenvalue weighted by Gasteiger charge is 2.27. The average molecular weight is 433 g/mol. The number of thiazole rings is 1. The molecule has 2 rings (SSSR count). The second-order valence-electron chi connectivity index (χ2n) is 5.19. The molecule has 0 aromatic carbocycles. The summed E-state index contributed by atoms with van der Waals surface area (Å²) >= 11 is 1.71. The summed E-state index contributed by atoms with van der Waals surface area (Å²) in [5.74, 6) is 0.887. The molecule has 7 heteroatoms. The number of guanidine groups is 1. The van der Waals surface area contributed by atoms with Crippen LogP contribution in [-0.2, 0) is 13.0 Å². The Kier molecular flexibility index (Phi) is 8.71. The van der Waals surface area contributed by atoms with Crippen molar-refractivity contribution in [3.63, 3.8) is 0 Å². The highest BCUT2D eigenvalue weighted by atomic mass is 127. The minimum atomic E-state index is 0. The zero-order valence-corrected chi connectivity index (χ0v) is 16.3. The van der Waals surface area contributed by atoms with Gasteiger partial charge in [-0.05, 0) is 32.6 Å². The van der Waals surface area contributed by atoms with Gasteiger partial charge < -0.3 is 10.6 Å². The van der Waals surface area contributed by atoms with E-state index < -0.39 is 0 Å². The van der Waals surface area contributed by atoms with Crippen LogP contribution >= 0.6 is 35.3 Å². The molecule has 2 atom stereocenters. The smallest absolute Gasteiger partial charge is 0.191 e. The largest absolute Gasteiger partial charge is 0.357 e. The van der Waals surface area contributed by atoms with Crippen molar-refractivity contribution in [3.8, 4) is 6.07 Å². The van der Waals surface area contributed by atoms with E-state index in [0.29, 0.717) is 6.54 Å². The van der Waals surface area contributed by atoms with Crippen LogP contribution in [0.4, 0.5) is 0 Å². The molecule has 22 heavy (non-hydrogen) atoms. The van der Waals surface area contributed by atoms with Gasteiger partial charge in [0.15, 0.2) is 5.96 Å². The Bertz CT molecular complexity index is 522. The summed E-state index contributed by atoms with van der Waals surface area (Å²) in [5, 5.41) is 16.8. The molecule has 1 aliphatic carbocycles. The highest BCUT2D eigenvalue weighted by Crippen LogP contribution is 2.24. The van der Waals surface area contributed by atoms with Crippen molar-refractivity contribution in [2.75, 3.05) is 6.54 Å². The predicted octanol–water partition coefficient (Wildman–Crippen LogP) is 3.07. The van der Waals surface area contributed by atoms with Gasteiger partial charge in [0, 0.05) is 23.7 Å². The lowest BCUT2D eigenvalue weighted by molar-refractivity contribution is 0.532. The Morgan fingerprint density at radius 1 is 1.50 bits per heavy atom. The Labute approximate surface area is 153 Å². The van der Waals surface area contributed by atoms with Crippen LogP contribution in [0.3, 0.4) is 0 Å². The van der Waals surface area contributed by atoms with Crippen LogP contribution < -0.4 is 10.6 Å². The summed E-state index contributed by atoms with van der Waals surface area (Å²) in [6, 6.07) is 2.61. The number of nitrogens with one attached hydrogen (secondary N) is 2. The molecule has 1 saturated carbocycles. The molecule has 0 radical (unpaired) electrons. The maximum Gasteiger partial charge on any atom is 0.191 e. The number of rotatable bonds is 5. The van der Waals surface area contributed by atoms with E-state index >= 15 is 0 Å². The highest BCUT2D eigenvalue weighted by molar-refractivity contribution is 14.0. The van der Waals surface area contributed by atoms with Crippen molar-refractivity contribution in [2.24, 2.45) is 10.9 Å². The van der Waals surface area contributed by atoms with E-state index in [1.807, 2.05) is 13.1 Å². The SMILES string of the molecule is CCNC(=NCc1ncc(CC)s1)NC1CCCC1C#N.I. The van der Waals surface area contributed by atoms with E-state index in [0.717, 1.165) is 43.2 Å². The number of hydrogen-bond donors (Lipinski definition) is 2. The van der Waals surface area contributed by atoms with Crippen LogP contribution in [0.25, 0.3) is 0 Å². The lowest BCUT2D eigenvalue weighted by atomic mass is 10.1. The molecule has 1 aromatic heterocycles. The third-order valence-corrected chi connectivity index (χ3v) is 4.80. The summed E-state index contributed by atoms with van der Waals surface area (Å²) in [6.07, 6.45) is 6.09. The standard InChI is InChI=1S/C15H23N5S.HI/c1-3-12-9-18-14(21-12)10-19-15(17-4-2)20-13-7-5-6-11(13)8-16;/h9,11,13H,3-7,10H2,1-2H3,(H2,17,19,20);1H. The zero-order valence-electron chi connectivity index (χ0n) is 13.1. The van der Waals surface area contributed by atoms with Crippen LogP contribution in [0.1, 0.15) is 43.0 Å². The van der Waals surface area contributed by atoms with Crippen LogP contribution in [0.2, 0.25) is 0 Å². The van der Waals surface area contributed by atoms with Crippen LogP contribution in [0.5, 0.6) is 0 Å². The molecule has 1 aromatic rings. The topological polar surface area (TPSA) is 73.1 Å². The fourth-order valence-electron chi connectivity index (χ4n) is 2.51. The molecule has 0 amide bonds. The molecule has 1 heterocycles. The molecule has 0 saturated heterocycles. The normalized spacial score (nSPS) is 21.0. The van der Waals surface area contributed by atoms with E-state index in [1.165, 1.54) is 4.88 Å². The van der Waals surface area contributed by atoms with Gasteiger partial charge in [0.05, 0.1) is 18.5 Å². The molecule has 2 N–H and O–H groups in total. The molecular weight excluding hydrogens is 409 g/mol. The Morgan fingerprint density at radius 3 is 2.95 bits per heavy atom. The quantitative estimate of drug-likeness (QED) is 0.425. The van der Waals surface area contributed by atoms with Gasteiger partial charge in [0.1, 0.15) is 5.01 Å². The van der Waals surface area contributed by atoms with E-state index in [4.69, 9.17) is 5.26 Å². The third-order valence-electron chi connectivity index (χ3n) is 3.67. The summed E-state index contributed by atoms with van der Waals surface area (Å²) in [4.78, 5) is 10.3. The van der Waals surface area contributed by atoms with Gasteiger partial charge in [-0.15, -0.1) is 35.3 Å². The number of hydrogen-bond acceptors (Lipinski definition) is 4. The molecular formula is C15H24IN5S. The van der Waals surface area contributed by atoms with Gasteiger partial charge in [0.25, 0.3) is 0 Å². The Morgan fingerprint density at radius 2 is 2.32 bits per heavy atom. The number of nitrogens with zero attached hydrogens (tertiary/aromatic N) is 3. The van der Waals surface area contributed by atoms with Gasteiger partial charge >= 0.3 is 0 Å². The summed E-state index contributed by atoms with van der Waals surface area (Å²) in [5.41, 5.74) is 0. The summed E-state index contributed by atoms with van der Waals surface area (Å²) in [6.45, 7) is 5.58. The van der Waals surface area contributed by atoms with Gasteiger partial charge in [-0.25, -0.2) is 9.98 Å². The second kappa shape index (κ2) is 10.0. The minimum absolute atomic E-state index is 0. The number of nitriles is 1. The number of aliphatic imine (C=N–C) groups is 1. The monoisotopic (exact) mass is 433 g/mol. The first-order chi connectivity index (χ1) is 10.3. The van der Waals surface area contributed by atoms with Crippen molar-refractivity contribution in [2.45, 2.75) is 52.1 Å². The van der Waals surface area contributed by atoms with Crippen molar-refractivity contribution in [3.05, 3.63) is 16.1 Å². The van der Waals surface area contributed by atoms with Crippen molar-refractivity contribution >= 4 is 41.3 Å². The molecule has 122 valence electrons. The molecule has 0 aliphatic heterocycles. The number of halogens is 1. The van der Waals surface area contributed by atoms with Gasteiger partial charge in [0.2, 0.25) is 0 Å². The Hall–Kier alpha value is -0.880. The molecule has 0 spiro atoms. The molecule has 1 fully saturated rings. The van der Waals surface area contributed by atoms with Crippen molar-refractivity contribution in [1.29, 1.82) is 5.26 Å². The lowest BCUT2D eigenvalue weighted by Crippen LogP contribution is -2.44. The van der Waals surface area contributed by atoms with Crippen molar-refractivity contribution in [1.82, 2.24) is 15.6 Å². The maximum absolute atomic E-state index is 9.16. The third kappa shape index (κ3) is 5.39. The van der Waals surface area contributed by atoms with Crippen LogP contribution in [-0.4, -0.2) is 23.5 Å². The number of aromatic nitrogens is 1. The molecule has 1 aliphatic rings. The van der Waals surface area contributed by atoms with E-state index in [1.54, 1.807) is 11.3 Å². The molecule has 5 nitrogen and oxygen atoms in total.